The van der Waals surface area contributed by atoms with Gasteiger partial charge in [-0.05, 0) is 13.0 Å². The number of carboxylic acids is 1. The molecule has 1 aromatic rings. The van der Waals surface area contributed by atoms with Crippen LogP contribution in [0.5, 0.6) is 0 Å². The van der Waals surface area contributed by atoms with E-state index >= 15 is 0 Å². The van der Waals surface area contributed by atoms with Gasteiger partial charge in [0.05, 0.1) is 6.61 Å². The van der Waals surface area contributed by atoms with Gasteiger partial charge in [-0.25, -0.2) is 4.79 Å². The molecule has 0 fully saturated rings. The number of hydrogen-bond donors (Lipinski definition) is 1. The normalized spacial score (nSPS) is 9.79. The quantitative estimate of drug-likeness (QED) is 0.696. The highest BCUT2D eigenvalue weighted by molar-refractivity contribution is 5.87. The van der Waals surface area contributed by atoms with E-state index in [1.54, 1.807) is 6.92 Å². The van der Waals surface area contributed by atoms with Crippen molar-refractivity contribution in [1.82, 2.24) is 9.78 Å². The van der Waals surface area contributed by atoms with Crippen molar-refractivity contribution >= 4 is 11.9 Å². The van der Waals surface area contributed by atoms with Gasteiger partial charge in [-0.1, -0.05) is 0 Å². The molecule has 6 heteroatoms. The minimum Gasteiger partial charge on any atom is -0.480 e. The molecular weight excluding hydrogens is 188 g/mol. The largest absolute Gasteiger partial charge is 0.480 e. The first-order valence-corrected chi connectivity index (χ1v) is 4.06. The maximum atomic E-state index is 11.1. The summed E-state index contributed by atoms with van der Waals surface area (Å²) in [6.07, 6.45) is 1.42. The summed E-state index contributed by atoms with van der Waals surface area (Å²) in [7, 11) is 0. The number of aliphatic carboxylic acids is 1. The number of carbonyl (C=O) groups excluding carboxylic acids is 1. The molecule has 14 heavy (non-hydrogen) atoms. The number of nitrogens with zero attached hydrogens (tertiary/aromatic N) is 2. The van der Waals surface area contributed by atoms with Crippen molar-refractivity contribution in [3.05, 3.63) is 18.0 Å². The molecule has 0 unspecified atom stereocenters. The number of carboxylic acid groups (broad SMARTS) is 1. The van der Waals surface area contributed by atoms with E-state index in [9.17, 15) is 9.59 Å². The topological polar surface area (TPSA) is 81.4 Å². The molecule has 0 saturated carbocycles. The summed E-state index contributed by atoms with van der Waals surface area (Å²) in [6.45, 7) is 1.69. The number of esters is 1. The van der Waals surface area contributed by atoms with Crippen LogP contribution in [0, 0.1) is 0 Å². The smallest absolute Gasteiger partial charge is 0.358 e. The van der Waals surface area contributed by atoms with Crippen LogP contribution in [-0.4, -0.2) is 33.4 Å². The van der Waals surface area contributed by atoms with E-state index in [1.807, 2.05) is 0 Å². The van der Waals surface area contributed by atoms with Gasteiger partial charge in [0.2, 0.25) is 0 Å². The lowest BCUT2D eigenvalue weighted by Crippen LogP contribution is -2.11. The lowest BCUT2D eigenvalue weighted by Gasteiger charge is -1.97. The van der Waals surface area contributed by atoms with Gasteiger partial charge in [0.25, 0.3) is 0 Å². The van der Waals surface area contributed by atoms with Gasteiger partial charge >= 0.3 is 11.9 Å². The van der Waals surface area contributed by atoms with Gasteiger partial charge < -0.3 is 9.84 Å². The van der Waals surface area contributed by atoms with Crippen LogP contribution in [0.3, 0.4) is 0 Å². The monoisotopic (exact) mass is 198 g/mol. The molecule has 76 valence electrons. The summed E-state index contributed by atoms with van der Waals surface area (Å²) in [5, 5.41) is 12.2. The predicted octanol–water partition coefficient (Wildman–Crippen LogP) is 0.144. The molecule has 1 N–H and O–H groups in total. The summed E-state index contributed by atoms with van der Waals surface area (Å²) < 4.78 is 5.85. The molecule has 1 heterocycles. The van der Waals surface area contributed by atoms with Crippen molar-refractivity contribution in [3.8, 4) is 0 Å². The molecule has 0 saturated heterocycles. The molecule has 0 atom stereocenters. The molecule has 0 radical (unpaired) electrons. The number of rotatable bonds is 4. The first kappa shape index (κ1) is 10.2. The Kier molecular flexibility index (Phi) is 3.22. The van der Waals surface area contributed by atoms with Crippen LogP contribution in [0.1, 0.15) is 17.4 Å². The van der Waals surface area contributed by atoms with Gasteiger partial charge in [0, 0.05) is 6.20 Å². The van der Waals surface area contributed by atoms with E-state index in [0.717, 1.165) is 4.68 Å². The van der Waals surface area contributed by atoms with Crippen molar-refractivity contribution in [3.63, 3.8) is 0 Å². The Morgan fingerprint density at radius 1 is 1.64 bits per heavy atom. The molecular formula is C8H10N2O4. The van der Waals surface area contributed by atoms with Gasteiger partial charge in [-0.15, -0.1) is 0 Å². The van der Waals surface area contributed by atoms with Crippen molar-refractivity contribution in [1.29, 1.82) is 0 Å². The number of carbonyl (C=O) groups is 2. The minimum atomic E-state index is -1.01. The van der Waals surface area contributed by atoms with Gasteiger partial charge in [0.15, 0.2) is 5.69 Å². The van der Waals surface area contributed by atoms with E-state index in [2.05, 4.69) is 9.84 Å². The van der Waals surface area contributed by atoms with Crippen molar-refractivity contribution in [2.45, 2.75) is 13.5 Å². The summed E-state index contributed by atoms with van der Waals surface area (Å²) >= 11 is 0. The summed E-state index contributed by atoms with van der Waals surface area (Å²) in [5.41, 5.74) is 0.119. The fraction of sp³-hybridized carbons (Fsp3) is 0.375. The van der Waals surface area contributed by atoms with Crippen molar-refractivity contribution < 1.29 is 19.4 Å². The summed E-state index contributed by atoms with van der Waals surface area (Å²) in [5.74, 6) is -1.56. The van der Waals surface area contributed by atoms with E-state index in [1.165, 1.54) is 12.3 Å². The third kappa shape index (κ3) is 2.58. The second-order valence-corrected chi connectivity index (χ2v) is 2.51. The van der Waals surface area contributed by atoms with Gasteiger partial charge in [-0.3, -0.25) is 9.48 Å². The van der Waals surface area contributed by atoms with Crippen LogP contribution in [0.15, 0.2) is 12.3 Å². The van der Waals surface area contributed by atoms with E-state index in [-0.39, 0.29) is 18.8 Å². The predicted molar refractivity (Wildman–Crippen MR) is 45.8 cm³/mol. The van der Waals surface area contributed by atoms with E-state index in [0.29, 0.717) is 0 Å². The maximum Gasteiger partial charge on any atom is 0.358 e. The third-order valence-electron chi connectivity index (χ3n) is 1.42. The second-order valence-electron chi connectivity index (χ2n) is 2.51. The maximum absolute atomic E-state index is 11.1. The first-order valence-electron chi connectivity index (χ1n) is 4.06. The average Bonchev–Trinajstić information content (AvgIpc) is 2.52. The molecule has 0 bridgehead atoms. The molecule has 6 nitrogen and oxygen atoms in total. The highest BCUT2D eigenvalue weighted by Crippen LogP contribution is 1.98. The number of ether oxygens (including phenoxy) is 1. The number of aromatic nitrogens is 2. The van der Waals surface area contributed by atoms with Crippen molar-refractivity contribution in [2.24, 2.45) is 0 Å². The van der Waals surface area contributed by atoms with Gasteiger partial charge in [-0.2, -0.15) is 5.10 Å². The Balaban J connectivity index is 2.67. The van der Waals surface area contributed by atoms with Crippen molar-refractivity contribution in [2.75, 3.05) is 6.61 Å². The molecule has 0 aromatic carbocycles. The van der Waals surface area contributed by atoms with Crippen LogP contribution in [0.2, 0.25) is 0 Å². The SMILES string of the molecule is CCOC(=O)c1ccn(CC(=O)O)n1. The average molecular weight is 198 g/mol. The lowest BCUT2D eigenvalue weighted by molar-refractivity contribution is -0.137. The third-order valence-corrected chi connectivity index (χ3v) is 1.42. The Hall–Kier alpha value is -1.85. The zero-order valence-corrected chi connectivity index (χ0v) is 7.64. The number of hydrogen-bond acceptors (Lipinski definition) is 4. The first-order chi connectivity index (χ1) is 6.63. The molecule has 0 aliphatic heterocycles. The van der Waals surface area contributed by atoms with Crippen LogP contribution in [0.25, 0.3) is 0 Å². The summed E-state index contributed by atoms with van der Waals surface area (Å²) in [6, 6.07) is 1.42. The molecule has 0 aliphatic rings. The molecule has 0 spiro atoms. The van der Waals surface area contributed by atoms with Crippen LogP contribution in [0.4, 0.5) is 0 Å². The zero-order chi connectivity index (χ0) is 10.6. The summed E-state index contributed by atoms with van der Waals surface area (Å²) in [4.78, 5) is 21.4. The fourth-order valence-electron chi connectivity index (χ4n) is 0.902. The Morgan fingerprint density at radius 2 is 2.36 bits per heavy atom. The van der Waals surface area contributed by atoms with Crippen LogP contribution >= 0.6 is 0 Å². The van der Waals surface area contributed by atoms with Gasteiger partial charge in [0.1, 0.15) is 6.54 Å². The van der Waals surface area contributed by atoms with E-state index < -0.39 is 11.9 Å². The molecule has 1 aromatic heterocycles. The molecule has 0 amide bonds. The zero-order valence-electron chi connectivity index (χ0n) is 7.64. The lowest BCUT2D eigenvalue weighted by atomic mass is 10.4. The van der Waals surface area contributed by atoms with Crippen LogP contribution < -0.4 is 0 Å². The highest BCUT2D eigenvalue weighted by atomic mass is 16.5. The van der Waals surface area contributed by atoms with E-state index in [4.69, 9.17) is 5.11 Å². The second kappa shape index (κ2) is 4.40. The Labute approximate surface area is 80.1 Å². The Morgan fingerprint density at radius 3 is 2.93 bits per heavy atom. The van der Waals surface area contributed by atoms with Crippen LogP contribution in [-0.2, 0) is 16.1 Å². The highest BCUT2D eigenvalue weighted by Gasteiger charge is 2.10. The standard InChI is InChI=1S/C8H10N2O4/c1-2-14-8(13)6-3-4-10(9-6)5-7(11)12/h3-4H,2,5H2,1H3,(H,11,12). The Bertz CT molecular complexity index is 345. The minimum absolute atomic E-state index is 0.119. The molecule has 1 rings (SSSR count). The molecule has 0 aliphatic carbocycles. The fourth-order valence-corrected chi connectivity index (χ4v) is 0.902.